The number of ether oxygens (including phenoxy) is 1. The molecule has 124 valence electrons. The summed E-state index contributed by atoms with van der Waals surface area (Å²) in [4.78, 5) is 2.04. The lowest BCUT2D eigenvalue weighted by Crippen LogP contribution is -2.46. The van der Waals surface area contributed by atoms with E-state index in [2.05, 4.69) is 10.2 Å². The summed E-state index contributed by atoms with van der Waals surface area (Å²) in [5.41, 5.74) is 0.739. The van der Waals surface area contributed by atoms with Crippen molar-refractivity contribution in [1.82, 2.24) is 15.1 Å². The van der Waals surface area contributed by atoms with E-state index in [-0.39, 0.29) is 17.5 Å². The second-order valence-corrected chi connectivity index (χ2v) is 7.86. The third kappa shape index (κ3) is 3.53. The fourth-order valence-corrected chi connectivity index (χ4v) is 4.31. The molecule has 3 rings (SSSR count). The van der Waals surface area contributed by atoms with Crippen molar-refractivity contribution >= 4 is 9.84 Å². The molecule has 1 aliphatic heterocycles. The van der Waals surface area contributed by atoms with Crippen molar-refractivity contribution in [3.63, 3.8) is 0 Å². The Bertz CT molecular complexity index is 788. The molecule has 2 heterocycles. The van der Waals surface area contributed by atoms with Crippen molar-refractivity contribution in [2.24, 2.45) is 0 Å². The molecule has 0 N–H and O–H groups in total. The van der Waals surface area contributed by atoms with Gasteiger partial charge in [-0.25, -0.2) is 8.42 Å². The number of para-hydroxylation sites is 1. The Kier molecular flexibility index (Phi) is 4.36. The molecule has 1 atom stereocenters. The van der Waals surface area contributed by atoms with Crippen molar-refractivity contribution in [3.05, 3.63) is 30.2 Å². The fourth-order valence-electron chi connectivity index (χ4n) is 2.69. The Morgan fingerprint density at radius 2 is 2.13 bits per heavy atom. The SMILES string of the molecule is COc1ccccc1-c1nnc(CN2CCS(=O)(=O)C[C@@H]2C)o1. The van der Waals surface area contributed by atoms with E-state index >= 15 is 0 Å². The summed E-state index contributed by atoms with van der Waals surface area (Å²) in [5, 5.41) is 8.14. The van der Waals surface area contributed by atoms with Gasteiger partial charge >= 0.3 is 0 Å². The van der Waals surface area contributed by atoms with Crippen molar-refractivity contribution in [2.75, 3.05) is 25.2 Å². The third-order valence-electron chi connectivity index (χ3n) is 3.95. The van der Waals surface area contributed by atoms with Gasteiger partial charge in [0.25, 0.3) is 5.89 Å². The molecule has 0 bridgehead atoms. The highest BCUT2D eigenvalue weighted by Crippen LogP contribution is 2.28. The molecule has 0 unspecified atom stereocenters. The quantitative estimate of drug-likeness (QED) is 0.832. The number of benzene rings is 1. The van der Waals surface area contributed by atoms with E-state index in [1.165, 1.54) is 0 Å². The minimum atomic E-state index is -2.93. The predicted molar refractivity (Wildman–Crippen MR) is 84.8 cm³/mol. The number of aromatic nitrogens is 2. The molecule has 1 aromatic carbocycles. The van der Waals surface area contributed by atoms with Crippen molar-refractivity contribution in [3.8, 4) is 17.2 Å². The molecular formula is C15H19N3O4S. The summed E-state index contributed by atoms with van der Waals surface area (Å²) in [6.07, 6.45) is 0. The molecule has 0 aliphatic carbocycles. The highest BCUT2D eigenvalue weighted by Gasteiger charge is 2.29. The van der Waals surface area contributed by atoms with Crippen LogP contribution < -0.4 is 4.74 Å². The van der Waals surface area contributed by atoms with Gasteiger partial charge in [-0.3, -0.25) is 4.90 Å². The first-order chi connectivity index (χ1) is 11.0. The van der Waals surface area contributed by atoms with Crippen molar-refractivity contribution in [2.45, 2.75) is 19.5 Å². The zero-order valence-corrected chi connectivity index (χ0v) is 13.9. The summed E-state index contributed by atoms with van der Waals surface area (Å²) in [6, 6.07) is 7.37. The van der Waals surface area contributed by atoms with Crippen LogP contribution in [0, 0.1) is 0 Å². The number of hydrogen-bond donors (Lipinski definition) is 0. The highest BCUT2D eigenvalue weighted by molar-refractivity contribution is 7.91. The van der Waals surface area contributed by atoms with E-state index in [0.717, 1.165) is 5.56 Å². The first kappa shape index (κ1) is 15.9. The zero-order valence-electron chi connectivity index (χ0n) is 13.1. The molecule has 1 fully saturated rings. The lowest BCUT2D eigenvalue weighted by Gasteiger charge is -2.31. The minimum Gasteiger partial charge on any atom is -0.496 e. The number of sulfone groups is 1. The lowest BCUT2D eigenvalue weighted by atomic mass is 10.2. The summed E-state index contributed by atoms with van der Waals surface area (Å²) in [6.45, 7) is 2.82. The van der Waals surface area contributed by atoms with E-state index in [0.29, 0.717) is 30.6 Å². The third-order valence-corrected chi connectivity index (χ3v) is 5.75. The monoisotopic (exact) mass is 337 g/mol. The van der Waals surface area contributed by atoms with Crippen LogP contribution in [0.3, 0.4) is 0 Å². The van der Waals surface area contributed by atoms with Gasteiger partial charge in [0.15, 0.2) is 9.84 Å². The van der Waals surface area contributed by atoms with Gasteiger partial charge < -0.3 is 9.15 Å². The molecule has 0 radical (unpaired) electrons. The summed E-state index contributed by atoms with van der Waals surface area (Å²) < 4.78 is 34.3. The number of rotatable bonds is 4. The van der Waals surface area contributed by atoms with Gasteiger partial charge in [-0.15, -0.1) is 10.2 Å². The van der Waals surface area contributed by atoms with Crippen LogP contribution in [0.15, 0.2) is 28.7 Å². The molecular weight excluding hydrogens is 318 g/mol. The van der Waals surface area contributed by atoms with Crippen LogP contribution in [0.25, 0.3) is 11.5 Å². The molecule has 0 saturated carbocycles. The number of nitrogens with zero attached hydrogens (tertiary/aromatic N) is 3. The zero-order chi connectivity index (χ0) is 16.4. The van der Waals surface area contributed by atoms with Crippen LogP contribution in [-0.2, 0) is 16.4 Å². The minimum absolute atomic E-state index is 0.0599. The van der Waals surface area contributed by atoms with Crippen molar-refractivity contribution in [1.29, 1.82) is 0 Å². The second kappa shape index (κ2) is 6.29. The van der Waals surface area contributed by atoms with Crippen LogP contribution in [0.5, 0.6) is 5.75 Å². The standard InChI is InChI=1S/C15H19N3O4S/c1-11-10-23(19,20)8-7-18(11)9-14-16-17-15(22-14)12-5-3-4-6-13(12)21-2/h3-6,11H,7-10H2,1-2H3/t11-/m0/s1. The maximum absolute atomic E-state index is 11.6. The molecule has 0 spiro atoms. The van der Waals surface area contributed by atoms with Crippen LogP contribution >= 0.6 is 0 Å². The van der Waals surface area contributed by atoms with E-state index < -0.39 is 9.84 Å². The van der Waals surface area contributed by atoms with Crippen LogP contribution in [0.2, 0.25) is 0 Å². The first-order valence-corrected chi connectivity index (χ1v) is 9.21. The summed E-state index contributed by atoms with van der Waals surface area (Å²) in [7, 11) is -1.34. The lowest BCUT2D eigenvalue weighted by molar-refractivity contribution is 0.198. The van der Waals surface area contributed by atoms with Crippen molar-refractivity contribution < 1.29 is 17.6 Å². The molecule has 23 heavy (non-hydrogen) atoms. The molecule has 7 nitrogen and oxygen atoms in total. The average molecular weight is 337 g/mol. The number of methoxy groups -OCH3 is 1. The van der Waals surface area contributed by atoms with Crippen LogP contribution in [0.1, 0.15) is 12.8 Å². The molecule has 1 aromatic heterocycles. The largest absolute Gasteiger partial charge is 0.496 e. The number of hydrogen-bond acceptors (Lipinski definition) is 7. The van der Waals surface area contributed by atoms with E-state index in [4.69, 9.17) is 9.15 Å². The van der Waals surface area contributed by atoms with Gasteiger partial charge in [0.1, 0.15) is 5.75 Å². The second-order valence-electron chi connectivity index (χ2n) is 5.64. The topological polar surface area (TPSA) is 85.5 Å². The van der Waals surface area contributed by atoms with Crippen LogP contribution in [0.4, 0.5) is 0 Å². The summed E-state index contributed by atoms with van der Waals surface area (Å²) >= 11 is 0. The Balaban J connectivity index is 1.75. The van der Waals surface area contributed by atoms with Crippen LogP contribution in [-0.4, -0.2) is 54.7 Å². The Morgan fingerprint density at radius 3 is 2.87 bits per heavy atom. The van der Waals surface area contributed by atoms with Gasteiger partial charge in [0.2, 0.25) is 5.89 Å². The molecule has 1 saturated heterocycles. The van der Waals surface area contributed by atoms with Gasteiger partial charge in [-0.2, -0.15) is 0 Å². The van der Waals surface area contributed by atoms with Gasteiger partial charge in [-0.1, -0.05) is 12.1 Å². The van der Waals surface area contributed by atoms with Gasteiger partial charge in [0, 0.05) is 12.6 Å². The maximum Gasteiger partial charge on any atom is 0.251 e. The average Bonchev–Trinajstić information content (AvgIpc) is 2.98. The molecule has 0 amide bonds. The van der Waals surface area contributed by atoms with E-state index in [1.54, 1.807) is 7.11 Å². The van der Waals surface area contributed by atoms with E-state index in [1.807, 2.05) is 36.1 Å². The predicted octanol–water partition coefficient (Wildman–Crippen LogP) is 1.36. The smallest absolute Gasteiger partial charge is 0.251 e. The molecule has 1 aliphatic rings. The molecule has 8 heteroatoms. The first-order valence-electron chi connectivity index (χ1n) is 7.39. The van der Waals surface area contributed by atoms with E-state index in [9.17, 15) is 8.42 Å². The Morgan fingerprint density at radius 1 is 1.35 bits per heavy atom. The normalized spacial score (nSPS) is 21.2. The highest BCUT2D eigenvalue weighted by atomic mass is 32.2. The van der Waals surface area contributed by atoms with Gasteiger partial charge in [-0.05, 0) is 19.1 Å². The fraction of sp³-hybridized carbons (Fsp3) is 0.467. The Hall–Kier alpha value is -1.93. The molecule has 2 aromatic rings. The summed E-state index contributed by atoms with van der Waals surface area (Å²) in [5.74, 6) is 1.87. The maximum atomic E-state index is 11.6. The Labute approximate surface area is 135 Å². The van der Waals surface area contributed by atoms with Gasteiger partial charge in [0.05, 0.1) is 30.7 Å².